The minimum Gasteiger partial charge on any atom is -0.496 e. The molecule has 1 atom stereocenters. The highest BCUT2D eigenvalue weighted by Crippen LogP contribution is 2.44. The van der Waals surface area contributed by atoms with Crippen molar-refractivity contribution in [2.45, 2.75) is 18.9 Å². The van der Waals surface area contributed by atoms with Gasteiger partial charge in [-0.15, -0.1) is 0 Å². The summed E-state index contributed by atoms with van der Waals surface area (Å²) in [6.45, 7) is 1.61. The Morgan fingerprint density at radius 1 is 1.03 bits per heavy atom. The number of anilines is 1. The molecule has 1 aliphatic rings. The summed E-state index contributed by atoms with van der Waals surface area (Å²) < 4.78 is 10.5. The first-order valence-corrected chi connectivity index (χ1v) is 11.2. The summed E-state index contributed by atoms with van der Waals surface area (Å²) in [5.74, 6) is -1.84. The van der Waals surface area contributed by atoms with Crippen LogP contribution in [0.2, 0.25) is 5.02 Å². The predicted molar refractivity (Wildman–Crippen MR) is 131 cm³/mol. The van der Waals surface area contributed by atoms with E-state index in [1.54, 1.807) is 0 Å². The van der Waals surface area contributed by atoms with E-state index in [0.29, 0.717) is 0 Å². The molecule has 9 heteroatoms. The Balaban J connectivity index is 1.38. The van der Waals surface area contributed by atoms with Gasteiger partial charge >= 0.3 is 12.1 Å². The van der Waals surface area contributed by atoms with Crippen LogP contribution in [0, 0.1) is 0 Å². The summed E-state index contributed by atoms with van der Waals surface area (Å²) in [7, 11) is 1.31. The molecular formula is C26H23ClN2O6. The molecule has 0 saturated heterocycles. The lowest BCUT2D eigenvalue weighted by Crippen LogP contribution is -2.42. The Hall–Kier alpha value is -4.04. The first kappa shape index (κ1) is 24.1. The molecule has 0 fully saturated rings. The Kier molecular flexibility index (Phi) is 6.93. The number of methoxy groups -OCH3 is 1. The van der Waals surface area contributed by atoms with Gasteiger partial charge in [-0.25, -0.2) is 9.59 Å². The monoisotopic (exact) mass is 494 g/mol. The van der Waals surface area contributed by atoms with Crippen molar-refractivity contribution >= 4 is 35.3 Å². The van der Waals surface area contributed by atoms with Gasteiger partial charge in [0.2, 0.25) is 5.91 Å². The van der Waals surface area contributed by atoms with E-state index in [0.717, 1.165) is 22.3 Å². The van der Waals surface area contributed by atoms with Crippen LogP contribution in [-0.4, -0.2) is 42.8 Å². The van der Waals surface area contributed by atoms with Crippen molar-refractivity contribution < 1.29 is 29.0 Å². The molecule has 1 aliphatic carbocycles. The average molecular weight is 495 g/mol. The highest BCUT2D eigenvalue weighted by atomic mass is 35.5. The lowest BCUT2D eigenvalue weighted by atomic mass is 9.98. The van der Waals surface area contributed by atoms with Crippen molar-refractivity contribution in [2.75, 3.05) is 19.0 Å². The van der Waals surface area contributed by atoms with Gasteiger partial charge in [-0.1, -0.05) is 60.1 Å². The smallest absolute Gasteiger partial charge is 0.407 e. The van der Waals surface area contributed by atoms with Gasteiger partial charge in [0.1, 0.15) is 24.0 Å². The number of ether oxygens (including phenoxy) is 2. The maximum absolute atomic E-state index is 12.6. The minimum atomic E-state index is -1.22. The average Bonchev–Trinajstić information content (AvgIpc) is 3.17. The Morgan fingerprint density at radius 2 is 1.63 bits per heavy atom. The maximum atomic E-state index is 12.6. The van der Waals surface area contributed by atoms with Gasteiger partial charge in [-0.05, 0) is 35.2 Å². The molecule has 0 aromatic heterocycles. The SMILES string of the molecule is COc1cc(NC(=O)C(C)NC(=O)OCC2c3ccccc3-c3ccccc32)c(Cl)cc1C(=O)O. The van der Waals surface area contributed by atoms with Crippen molar-refractivity contribution in [3.05, 3.63) is 82.4 Å². The Morgan fingerprint density at radius 3 is 2.20 bits per heavy atom. The zero-order valence-corrected chi connectivity index (χ0v) is 19.8. The molecule has 180 valence electrons. The molecule has 4 rings (SSSR count). The number of benzene rings is 3. The molecule has 3 N–H and O–H groups in total. The molecule has 3 aromatic carbocycles. The number of fused-ring (bicyclic) bond motifs is 3. The zero-order valence-electron chi connectivity index (χ0n) is 19.0. The van der Waals surface area contributed by atoms with E-state index in [1.165, 1.54) is 26.2 Å². The van der Waals surface area contributed by atoms with Crippen LogP contribution in [0.1, 0.15) is 34.3 Å². The number of carboxylic acid groups (broad SMARTS) is 1. The number of carboxylic acids is 1. The fourth-order valence-electron chi connectivity index (χ4n) is 4.11. The molecule has 0 aliphatic heterocycles. The topological polar surface area (TPSA) is 114 Å². The van der Waals surface area contributed by atoms with Gasteiger partial charge in [-0.2, -0.15) is 0 Å². The normalized spacial score (nSPS) is 12.8. The fraction of sp³-hybridized carbons (Fsp3) is 0.192. The van der Waals surface area contributed by atoms with Crippen LogP contribution in [0.5, 0.6) is 5.75 Å². The third-order valence-corrected chi connectivity index (χ3v) is 6.16. The molecule has 8 nitrogen and oxygen atoms in total. The van der Waals surface area contributed by atoms with Crippen molar-refractivity contribution in [3.63, 3.8) is 0 Å². The Bertz CT molecular complexity index is 1260. The zero-order chi connectivity index (χ0) is 25.1. The molecule has 0 radical (unpaired) electrons. The number of aromatic carboxylic acids is 1. The van der Waals surface area contributed by atoms with Crippen molar-refractivity contribution in [3.8, 4) is 16.9 Å². The second-order valence-corrected chi connectivity index (χ2v) is 8.43. The molecule has 0 saturated carbocycles. The fourth-order valence-corrected chi connectivity index (χ4v) is 4.32. The molecule has 3 aromatic rings. The van der Waals surface area contributed by atoms with Gasteiger partial charge in [0.05, 0.1) is 17.8 Å². The highest BCUT2D eigenvalue weighted by molar-refractivity contribution is 6.34. The summed E-state index contributed by atoms with van der Waals surface area (Å²) in [5.41, 5.74) is 4.42. The number of halogens is 1. The van der Waals surface area contributed by atoms with Crippen LogP contribution in [0.15, 0.2) is 60.7 Å². The lowest BCUT2D eigenvalue weighted by Gasteiger charge is -2.18. The number of carbonyl (C=O) groups excluding carboxylic acids is 2. The number of alkyl carbamates (subject to hydrolysis) is 1. The maximum Gasteiger partial charge on any atom is 0.407 e. The van der Waals surface area contributed by atoms with Crippen LogP contribution in [0.25, 0.3) is 11.1 Å². The summed E-state index contributed by atoms with van der Waals surface area (Å²) in [6.07, 6.45) is -0.737. The van der Waals surface area contributed by atoms with Crippen LogP contribution >= 0.6 is 11.6 Å². The van der Waals surface area contributed by atoms with E-state index < -0.39 is 24.0 Å². The first-order valence-electron chi connectivity index (χ1n) is 10.8. The summed E-state index contributed by atoms with van der Waals surface area (Å²) in [4.78, 5) is 36.4. The third-order valence-electron chi connectivity index (χ3n) is 5.85. The highest BCUT2D eigenvalue weighted by Gasteiger charge is 2.29. The van der Waals surface area contributed by atoms with Gasteiger partial charge in [0.15, 0.2) is 0 Å². The van der Waals surface area contributed by atoms with Gasteiger partial charge in [0.25, 0.3) is 0 Å². The van der Waals surface area contributed by atoms with Crippen LogP contribution < -0.4 is 15.4 Å². The molecule has 2 amide bonds. The second-order valence-electron chi connectivity index (χ2n) is 8.02. The van der Waals surface area contributed by atoms with Crippen LogP contribution in [0.4, 0.5) is 10.5 Å². The molecule has 1 unspecified atom stereocenters. The quantitative estimate of drug-likeness (QED) is 0.430. The number of carbonyl (C=O) groups is 3. The summed E-state index contributed by atoms with van der Waals surface area (Å²) >= 11 is 6.12. The number of nitrogens with one attached hydrogen (secondary N) is 2. The van der Waals surface area contributed by atoms with E-state index >= 15 is 0 Å². The standard InChI is InChI=1S/C26H23ClN2O6/c1-14(24(30)29-22-12-23(34-2)19(25(31)32)11-21(22)27)28-26(33)35-13-20-17-9-5-3-7-15(17)16-8-4-6-10-18(16)20/h3-12,14,20H,13H2,1-2H3,(H,28,33)(H,29,30)(H,31,32). The molecule has 0 spiro atoms. The van der Waals surface area contributed by atoms with Gasteiger partial charge < -0.3 is 25.2 Å². The molecule has 35 heavy (non-hydrogen) atoms. The number of hydrogen-bond donors (Lipinski definition) is 3. The van der Waals surface area contributed by atoms with E-state index in [2.05, 4.69) is 10.6 Å². The van der Waals surface area contributed by atoms with Crippen LogP contribution in [0.3, 0.4) is 0 Å². The first-order chi connectivity index (χ1) is 16.8. The second kappa shape index (κ2) is 10.1. The van der Waals surface area contributed by atoms with Crippen molar-refractivity contribution in [1.29, 1.82) is 0 Å². The molecular weight excluding hydrogens is 472 g/mol. The number of rotatable bonds is 7. The van der Waals surface area contributed by atoms with E-state index in [4.69, 9.17) is 21.1 Å². The van der Waals surface area contributed by atoms with Crippen molar-refractivity contribution in [2.24, 2.45) is 0 Å². The number of hydrogen-bond acceptors (Lipinski definition) is 5. The molecule has 0 heterocycles. The van der Waals surface area contributed by atoms with Gasteiger partial charge in [-0.3, -0.25) is 4.79 Å². The predicted octanol–water partition coefficient (Wildman–Crippen LogP) is 4.91. The number of amides is 2. The summed E-state index contributed by atoms with van der Waals surface area (Å²) in [5, 5.41) is 14.3. The summed E-state index contributed by atoms with van der Waals surface area (Å²) in [6, 6.07) is 17.5. The van der Waals surface area contributed by atoms with Crippen molar-refractivity contribution in [1.82, 2.24) is 5.32 Å². The lowest BCUT2D eigenvalue weighted by molar-refractivity contribution is -0.117. The van der Waals surface area contributed by atoms with E-state index in [1.807, 2.05) is 48.5 Å². The largest absolute Gasteiger partial charge is 0.496 e. The van der Waals surface area contributed by atoms with Crippen LogP contribution in [-0.2, 0) is 9.53 Å². The Labute approximate surface area is 206 Å². The van der Waals surface area contributed by atoms with Gasteiger partial charge in [0, 0.05) is 12.0 Å². The van der Waals surface area contributed by atoms with E-state index in [-0.39, 0.29) is 34.5 Å². The van der Waals surface area contributed by atoms with E-state index in [9.17, 15) is 19.5 Å². The minimum absolute atomic E-state index is 0.0184. The third kappa shape index (κ3) is 4.93. The molecule has 0 bridgehead atoms.